The van der Waals surface area contributed by atoms with Crippen LogP contribution in [0.25, 0.3) is 5.82 Å². The maximum atomic E-state index is 13.2. The maximum Gasteiger partial charge on any atom is 0.343 e. The number of carbonyl (C=O) groups is 2. The number of nitrogens with zero attached hydrogens (tertiary/aromatic N) is 8. The fourth-order valence-corrected chi connectivity index (χ4v) is 4.19. The fourth-order valence-electron chi connectivity index (χ4n) is 4.19. The summed E-state index contributed by atoms with van der Waals surface area (Å²) in [6, 6.07) is 13.6. The number of para-hydroxylation sites is 1. The molecule has 1 saturated heterocycles. The summed E-state index contributed by atoms with van der Waals surface area (Å²) in [5.41, 5.74) is 9.61. The molecule has 15 heteroatoms. The van der Waals surface area contributed by atoms with E-state index in [-0.39, 0.29) is 23.1 Å². The molecule has 1 fully saturated rings. The average molecular weight is 561 g/mol. The number of benzene rings is 2. The zero-order valence-corrected chi connectivity index (χ0v) is 22.4. The van der Waals surface area contributed by atoms with Gasteiger partial charge in [-0.15, -0.1) is 5.10 Å². The predicted octanol–water partition coefficient (Wildman–Crippen LogP) is 0.972. The van der Waals surface area contributed by atoms with Crippen LogP contribution in [0.2, 0.25) is 0 Å². The summed E-state index contributed by atoms with van der Waals surface area (Å²) in [4.78, 5) is 30.3. The Bertz CT molecular complexity index is 1540. The molecule has 0 spiro atoms. The van der Waals surface area contributed by atoms with Crippen molar-refractivity contribution in [3.63, 3.8) is 0 Å². The number of hydrogen-bond donors (Lipinski definition) is 2. The highest BCUT2D eigenvalue weighted by Gasteiger charge is 2.26. The molecule has 0 radical (unpaired) electrons. The van der Waals surface area contributed by atoms with Gasteiger partial charge in [-0.3, -0.25) is 9.69 Å². The first kappa shape index (κ1) is 27.4. The van der Waals surface area contributed by atoms with Crippen LogP contribution in [0.15, 0.2) is 58.3 Å². The number of likely N-dealkylation sites (N-methyl/N-ethyl adjacent to an activating group) is 1. The molecule has 212 valence electrons. The van der Waals surface area contributed by atoms with Crippen molar-refractivity contribution >= 4 is 23.9 Å². The molecule has 0 aliphatic carbocycles. The number of carbonyl (C=O) groups excluding carboxylic acids is 2. The van der Waals surface area contributed by atoms with Crippen LogP contribution in [0.3, 0.4) is 0 Å². The summed E-state index contributed by atoms with van der Waals surface area (Å²) in [6.07, 6.45) is 1.35. The summed E-state index contributed by atoms with van der Waals surface area (Å²) in [5.74, 6) is -0.572. The number of hydrazone groups is 1. The van der Waals surface area contributed by atoms with Gasteiger partial charge >= 0.3 is 5.97 Å². The lowest BCUT2D eigenvalue weighted by atomic mass is 10.2. The van der Waals surface area contributed by atoms with Crippen molar-refractivity contribution in [1.29, 1.82) is 0 Å². The van der Waals surface area contributed by atoms with Crippen LogP contribution in [0, 0.1) is 0 Å². The lowest BCUT2D eigenvalue weighted by molar-refractivity contribution is 0.0729. The first-order chi connectivity index (χ1) is 19.9. The number of piperazine rings is 1. The third kappa shape index (κ3) is 6.21. The van der Waals surface area contributed by atoms with Gasteiger partial charge in [0.1, 0.15) is 0 Å². The highest BCUT2D eigenvalue weighted by Crippen LogP contribution is 2.31. The van der Waals surface area contributed by atoms with Crippen molar-refractivity contribution in [3.05, 3.63) is 71.0 Å². The summed E-state index contributed by atoms with van der Waals surface area (Å²) in [6.45, 7) is 3.67. The fraction of sp³-hybridized carbons (Fsp3) is 0.269. The average Bonchev–Trinajstić information content (AvgIpc) is 3.60. The normalized spacial score (nSPS) is 14.3. The number of aromatic nitrogens is 5. The third-order valence-corrected chi connectivity index (χ3v) is 6.45. The number of rotatable bonds is 9. The summed E-state index contributed by atoms with van der Waals surface area (Å²) >= 11 is 0. The molecule has 0 atom stereocenters. The van der Waals surface area contributed by atoms with E-state index < -0.39 is 11.9 Å². The van der Waals surface area contributed by atoms with Gasteiger partial charge in [0.05, 0.1) is 24.6 Å². The number of nitrogen functional groups attached to an aromatic ring is 1. The Labute approximate surface area is 234 Å². The van der Waals surface area contributed by atoms with Crippen LogP contribution in [0.4, 0.5) is 5.82 Å². The van der Waals surface area contributed by atoms with Gasteiger partial charge in [-0.25, -0.2) is 14.8 Å². The van der Waals surface area contributed by atoms with Gasteiger partial charge in [0, 0.05) is 38.3 Å². The second kappa shape index (κ2) is 12.4. The lowest BCUT2D eigenvalue weighted by Gasteiger charge is -2.32. The van der Waals surface area contributed by atoms with Gasteiger partial charge in [0.15, 0.2) is 17.2 Å². The topological polar surface area (TPSA) is 179 Å². The lowest BCUT2D eigenvalue weighted by Crippen LogP contribution is -2.44. The van der Waals surface area contributed by atoms with Gasteiger partial charge in [-0.1, -0.05) is 29.5 Å². The zero-order valence-electron chi connectivity index (χ0n) is 22.4. The molecular weight excluding hydrogens is 532 g/mol. The number of methoxy groups -OCH3 is 1. The first-order valence-corrected chi connectivity index (χ1v) is 12.7. The number of esters is 1. The first-order valence-electron chi connectivity index (χ1n) is 12.7. The standard InChI is InChI=1S/C26H28N10O5/c1-34-11-13-35(14-12-34)16-19-21(29-33-36(19)24-23(27)31-41-32-24)25(37)30-28-15-18-9-6-10-20(39-2)22(18)40-26(38)17-7-4-3-5-8-17/h3-10,15H,11-14,16H2,1-2H3,(H2,27,31)(H,30,37)/b28-15+. The Morgan fingerprint density at radius 1 is 1.10 bits per heavy atom. The molecule has 3 N–H and O–H groups in total. The molecule has 1 amide bonds. The minimum Gasteiger partial charge on any atom is -0.493 e. The van der Waals surface area contributed by atoms with Crippen molar-refractivity contribution in [3.8, 4) is 17.3 Å². The van der Waals surface area contributed by atoms with Gasteiger partial charge in [0.2, 0.25) is 11.6 Å². The Balaban J connectivity index is 1.37. The molecule has 0 saturated carbocycles. The third-order valence-electron chi connectivity index (χ3n) is 6.45. The van der Waals surface area contributed by atoms with E-state index in [1.165, 1.54) is 18.0 Å². The molecule has 0 unspecified atom stereocenters. The minimum atomic E-state index is -0.614. The van der Waals surface area contributed by atoms with Crippen molar-refractivity contribution < 1.29 is 23.7 Å². The van der Waals surface area contributed by atoms with Crippen molar-refractivity contribution in [2.45, 2.75) is 6.54 Å². The smallest absolute Gasteiger partial charge is 0.343 e. The molecule has 5 rings (SSSR count). The summed E-state index contributed by atoms with van der Waals surface area (Å²) in [7, 11) is 3.51. The molecule has 0 bridgehead atoms. The highest BCUT2D eigenvalue weighted by atomic mass is 16.6. The van der Waals surface area contributed by atoms with E-state index in [1.807, 2.05) is 0 Å². The number of amides is 1. The van der Waals surface area contributed by atoms with Crippen molar-refractivity contribution in [1.82, 2.24) is 40.5 Å². The summed E-state index contributed by atoms with van der Waals surface area (Å²) < 4.78 is 17.1. The number of ether oxygens (including phenoxy) is 2. The van der Waals surface area contributed by atoms with Crippen LogP contribution in [0.5, 0.6) is 11.5 Å². The van der Waals surface area contributed by atoms with Gasteiger partial charge in [0.25, 0.3) is 5.91 Å². The van der Waals surface area contributed by atoms with Gasteiger partial charge in [-0.05, 0) is 41.6 Å². The quantitative estimate of drug-likeness (QED) is 0.128. The van der Waals surface area contributed by atoms with E-state index >= 15 is 0 Å². The summed E-state index contributed by atoms with van der Waals surface area (Å²) in [5, 5.41) is 19.6. The van der Waals surface area contributed by atoms with Crippen LogP contribution >= 0.6 is 0 Å². The Hall–Kier alpha value is -5.15. The second-order valence-electron chi connectivity index (χ2n) is 9.18. The highest BCUT2D eigenvalue weighted by molar-refractivity contribution is 5.96. The molecule has 1 aliphatic rings. The van der Waals surface area contributed by atoms with Crippen LogP contribution < -0.4 is 20.6 Å². The Morgan fingerprint density at radius 3 is 2.59 bits per heavy atom. The van der Waals surface area contributed by atoms with Crippen LogP contribution in [-0.4, -0.2) is 93.5 Å². The van der Waals surface area contributed by atoms with Crippen LogP contribution in [-0.2, 0) is 6.54 Å². The maximum absolute atomic E-state index is 13.2. The van der Waals surface area contributed by atoms with Gasteiger partial charge < -0.3 is 20.1 Å². The van der Waals surface area contributed by atoms with E-state index in [2.05, 4.69) is 48.0 Å². The molecule has 2 aromatic heterocycles. The predicted molar refractivity (Wildman–Crippen MR) is 146 cm³/mol. The van der Waals surface area contributed by atoms with Gasteiger partial charge in [-0.2, -0.15) is 9.78 Å². The second-order valence-corrected chi connectivity index (χ2v) is 9.18. The number of hydrogen-bond acceptors (Lipinski definition) is 13. The monoisotopic (exact) mass is 560 g/mol. The molecule has 4 aromatic rings. The van der Waals surface area contributed by atoms with Crippen LogP contribution in [0.1, 0.15) is 32.1 Å². The number of anilines is 1. The van der Waals surface area contributed by atoms with Crippen molar-refractivity contribution in [2.24, 2.45) is 5.10 Å². The molecule has 1 aliphatic heterocycles. The van der Waals surface area contributed by atoms with E-state index in [1.54, 1.807) is 48.5 Å². The molecule has 3 heterocycles. The van der Waals surface area contributed by atoms with E-state index in [0.717, 1.165) is 26.2 Å². The Kier molecular flexibility index (Phi) is 8.26. The SMILES string of the molecule is COc1cccc(/C=N/NC(=O)c2nnn(-c3nonc3N)c2CN2CCN(C)CC2)c1OC(=O)c1ccccc1. The number of nitrogens with two attached hydrogens (primary N) is 1. The van der Waals surface area contributed by atoms with E-state index in [0.29, 0.717) is 29.1 Å². The largest absolute Gasteiger partial charge is 0.493 e. The zero-order chi connectivity index (χ0) is 28.8. The Morgan fingerprint density at radius 2 is 1.88 bits per heavy atom. The molecule has 41 heavy (non-hydrogen) atoms. The van der Waals surface area contributed by atoms with E-state index in [9.17, 15) is 9.59 Å². The molecule has 15 nitrogen and oxygen atoms in total. The van der Waals surface area contributed by atoms with Crippen molar-refractivity contribution in [2.75, 3.05) is 46.1 Å². The molecule has 2 aromatic carbocycles. The minimum absolute atomic E-state index is 0.00936. The molecular formula is C26H28N10O5. The van der Waals surface area contributed by atoms with E-state index in [4.69, 9.17) is 19.8 Å². The number of nitrogens with one attached hydrogen (secondary N) is 1.